The summed E-state index contributed by atoms with van der Waals surface area (Å²) in [5.41, 5.74) is 2.81. The van der Waals surface area contributed by atoms with Gasteiger partial charge in [-0.05, 0) is 61.6 Å². The third-order valence-electron chi connectivity index (χ3n) is 5.88. The van der Waals surface area contributed by atoms with Gasteiger partial charge in [-0.15, -0.1) is 11.3 Å². The maximum atomic E-state index is 13.0. The molecule has 5 nitrogen and oxygen atoms in total. The van der Waals surface area contributed by atoms with Crippen LogP contribution in [0.4, 0.5) is 5.00 Å². The van der Waals surface area contributed by atoms with Crippen molar-refractivity contribution in [3.8, 4) is 0 Å². The summed E-state index contributed by atoms with van der Waals surface area (Å²) in [6.07, 6.45) is 5.64. The lowest BCUT2D eigenvalue weighted by Crippen LogP contribution is -2.27. The Labute approximate surface area is 186 Å². The molecule has 30 heavy (non-hydrogen) atoms. The van der Waals surface area contributed by atoms with Crippen molar-refractivity contribution in [3.05, 3.63) is 50.9 Å². The highest BCUT2D eigenvalue weighted by Crippen LogP contribution is 2.50. The number of carbonyl (C=O) groups is 2. The predicted octanol–water partition coefficient (Wildman–Crippen LogP) is 4.79. The maximum Gasteiger partial charge on any atom is 0.254 e. The largest absolute Gasteiger partial charge is 0.385 e. The van der Waals surface area contributed by atoms with Crippen LogP contribution in [-0.2, 0) is 22.4 Å². The lowest BCUT2D eigenvalue weighted by Gasteiger charge is -2.13. The quantitative estimate of drug-likeness (QED) is 0.573. The topological polar surface area (TPSA) is 67.4 Å². The molecule has 2 aliphatic carbocycles. The predicted molar refractivity (Wildman–Crippen MR) is 121 cm³/mol. The van der Waals surface area contributed by atoms with Gasteiger partial charge < -0.3 is 15.4 Å². The van der Waals surface area contributed by atoms with Gasteiger partial charge in [0.05, 0.1) is 5.56 Å². The number of rotatable bonds is 8. The molecule has 2 N–H and O–H groups in total. The van der Waals surface area contributed by atoms with Gasteiger partial charge in [0.1, 0.15) is 5.00 Å². The van der Waals surface area contributed by atoms with Gasteiger partial charge in [-0.3, -0.25) is 9.59 Å². The molecule has 1 aromatic heterocycles. The minimum atomic E-state index is -0.0979. The number of fused-ring (bicyclic) bond motifs is 1. The van der Waals surface area contributed by atoms with Crippen LogP contribution < -0.4 is 10.6 Å². The van der Waals surface area contributed by atoms with Gasteiger partial charge in [0.2, 0.25) is 5.91 Å². The first kappa shape index (κ1) is 21.3. The van der Waals surface area contributed by atoms with E-state index in [1.54, 1.807) is 18.4 Å². The van der Waals surface area contributed by atoms with E-state index in [0.717, 1.165) is 49.7 Å². The number of aryl methyl sites for hydroxylation is 1. The molecular formula is C23H27ClN2O3S. The molecule has 0 radical (unpaired) electrons. The SMILES string of the molecule is COCCCNC(=O)c1c(NC(=O)C2CC2c2ccccc2Cl)sc2c1CCCC2. The molecule has 0 saturated heterocycles. The Morgan fingerprint density at radius 2 is 2.03 bits per heavy atom. The molecule has 1 aromatic carbocycles. The van der Waals surface area contributed by atoms with Crippen molar-refractivity contribution >= 4 is 39.8 Å². The molecule has 0 bridgehead atoms. The molecule has 1 heterocycles. The standard InChI is InChI=1S/C23H27ClN2O3S/c1-29-12-6-11-25-22(28)20-15-8-3-5-10-19(15)30-23(20)26-21(27)17-13-16(17)14-7-2-4-9-18(14)24/h2,4,7,9,16-17H,3,5-6,8,10-13H2,1H3,(H,25,28)(H,26,27). The van der Waals surface area contributed by atoms with Crippen molar-refractivity contribution in [3.63, 3.8) is 0 Å². The monoisotopic (exact) mass is 446 g/mol. The lowest BCUT2D eigenvalue weighted by molar-refractivity contribution is -0.117. The van der Waals surface area contributed by atoms with E-state index >= 15 is 0 Å². The molecule has 1 fully saturated rings. The number of ether oxygens (including phenoxy) is 1. The van der Waals surface area contributed by atoms with Gasteiger partial charge in [0, 0.05) is 36.1 Å². The number of halogens is 1. The molecular weight excluding hydrogens is 420 g/mol. The van der Waals surface area contributed by atoms with Crippen LogP contribution in [0.2, 0.25) is 5.02 Å². The minimum Gasteiger partial charge on any atom is -0.385 e. The van der Waals surface area contributed by atoms with Crippen LogP contribution in [0.5, 0.6) is 0 Å². The second-order valence-electron chi connectivity index (χ2n) is 7.98. The Balaban J connectivity index is 1.48. The fourth-order valence-corrected chi connectivity index (χ4v) is 5.78. The van der Waals surface area contributed by atoms with E-state index in [1.165, 1.54) is 4.88 Å². The Kier molecular flexibility index (Phi) is 6.76. The number of carbonyl (C=O) groups excluding carboxylic acids is 2. The first-order valence-corrected chi connectivity index (χ1v) is 11.8. The molecule has 0 aliphatic heterocycles. The number of hydrogen-bond acceptors (Lipinski definition) is 4. The summed E-state index contributed by atoms with van der Waals surface area (Å²) in [5.74, 6) is -0.0625. The van der Waals surface area contributed by atoms with Gasteiger partial charge in [-0.2, -0.15) is 0 Å². The highest BCUT2D eigenvalue weighted by Gasteiger charge is 2.45. The number of amides is 2. The highest BCUT2D eigenvalue weighted by molar-refractivity contribution is 7.17. The Bertz CT molecular complexity index is 943. The Hall–Kier alpha value is -1.89. The zero-order chi connectivity index (χ0) is 21.1. The number of hydrogen-bond donors (Lipinski definition) is 2. The van der Waals surface area contributed by atoms with E-state index in [2.05, 4.69) is 10.6 Å². The first-order valence-electron chi connectivity index (χ1n) is 10.6. The highest BCUT2D eigenvalue weighted by atomic mass is 35.5. The molecule has 2 unspecified atom stereocenters. The molecule has 160 valence electrons. The van der Waals surface area contributed by atoms with Gasteiger partial charge in [0.15, 0.2) is 0 Å². The summed E-state index contributed by atoms with van der Waals surface area (Å²) in [4.78, 5) is 27.1. The van der Waals surface area contributed by atoms with E-state index in [4.69, 9.17) is 16.3 Å². The van der Waals surface area contributed by atoms with Gasteiger partial charge in [-0.25, -0.2) is 0 Å². The zero-order valence-corrected chi connectivity index (χ0v) is 18.7. The van der Waals surface area contributed by atoms with Crippen LogP contribution in [-0.4, -0.2) is 32.1 Å². The lowest BCUT2D eigenvalue weighted by atomic mass is 9.95. The van der Waals surface area contributed by atoms with Crippen molar-refractivity contribution < 1.29 is 14.3 Å². The average molecular weight is 447 g/mol. The van der Waals surface area contributed by atoms with Gasteiger partial charge >= 0.3 is 0 Å². The van der Waals surface area contributed by atoms with Crippen molar-refractivity contribution in [2.75, 3.05) is 25.6 Å². The average Bonchev–Trinajstić information content (AvgIpc) is 3.46. The molecule has 1 saturated carbocycles. The summed E-state index contributed by atoms with van der Waals surface area (Å²) < 4.78 is 5.05. The minimum absolute atomic E-state index is 0.0213. The van der Waals surface area contributed by atoms with Crippen molar-refractivity contribution in [2.45, 2.75) is 44.4 Å². The van der Waals surface area contributed by atoms with Crippen molar-refractivity contribution in [2.24, 2.45) is 5.92 Å². The Morgan fingerprint density at radius 1 is 1.23 bits per heavy atom. The molecule has 2 aromatic rings. The molecule has 2 aliphatic rings. The number of nitrogens with one attached hydrogen (secondary N) is 2. The van der Waals surface area contributed by atoms with Crippen LogP contribution in [0.15, 0.2) is 24.3 Å². The number of methoxy groups -OCH3 is 1. The van der Waals surface area contributed by atoms with Crippen LogP contribution in [0.1, 0.15) is 58.0 Å². The third kappa shape index (κ3) is 4.56. The number of thiophene rings is 1. The van der Waals surface area contributed by atoms with Crippen LogP contribution in [0.25, 0.3) is 0 Å². The summed E-state index contributed by atoms with van der Waals surface area (Å²) in [6, 6.07) is 7.71. The van der Waals surface area contributed by atoms with E-state index < -0.39 is 0 Å². The fourth-order valence-electron chi connectivity index (χ4n) is 4.21. The van der Waals surface area contributed by atoms with Crippen LogP contribution in [0.3, 0.4) is 0 Å². The van der Waals surface area contributed by atoms with Crippen LogP contribution in [0, 0.1) is 5.92 Å². The zero-order valence-electron chi connectivity index (χ0n) is 17.1. The third-order valence-corrected chi connectivity index (χ3v) is 7.43. The molecule has 7 heteroatoms. The molecule has 2 amide bonds. The van der Waals surface area contributed by atoms with Crippen molar-refractivity contribution in [1.29, 1.82) is 0 Å². The summed E-state index contributed by atoms with van der Waals surface area (Å²) in [6.45, 7) is 1.17. The summed E-state index contributed by atoms with van der Waals surface area (Å²) in [7, 11) is 1.65. The number of anilines is 1. The van der Waals surface area contributed by atoms with E-state index in [-0.39, 0.29) is 23.7 Å². The first-order chi connectivity index (χ1) is 14.6. The van der Waals surface area contributed by atoms with Gasteiger partial charge in [0.25, 0.3) is 5.91 Å². The second-order valence-corrected chi connectivity index (χ2v) is 9.49. The smallest absolute Gasteiger partial charge is 0.254 e. The molecule has 2 atom stereocenters. The second kappa shape index (κ2) is 9.50. The van der Waals surface area contributed by atoms with E-state index in [0.29, 0.717) is 28.7 Å². The maximum absolute atomic E-state index is 13.0. The summed E-state index contributed by atoms with van der Waals surface area (Å²) in [5, 5.41) is 7.48. The van der Waals surface area contributed by atoms with E-state index in [1.807, 2.05) is 24.3 Å². The van der Waals surface area contributed by atoms with Crippen molar-refractivity contribution in [1.82, 2.24) is 5.32 Å². The van der Waals surface area contributed by atoms with E-state index in [9.17, 15) is 9.59 Å². The Morgan fingerprint density at radius 3 is 2.83 bits per heavy atom. The fraction of sp³-hybridized carbons (Fsp3) is 0.478. The number of benzene rings is 1. The van der Waals surface area contributed by atoms with Crippen LogP contribution >= 0.6 is 22.9 Å². The normalized spacial score (nSPS) is 19.8. The summed E-state index contributed by atoms with van der Waals surface area (Å²) >= 11 is 7.87. The molecule has 4 rings (SSSR count). The van der Waals surface area contributed by atoms with Gasteiger partial charge in [-0.1, -0.05) is 29.8 Å². The molecule has 0 spiro atoms.